The molecule has 0 atom stereocenters. The number of nitrogens with zero attached hydrogens (tertiary/aromatic N) is 2. The van der Waals surface area contributed by atoms with Crippen molar-refractivity contribution in [1.82, 2.24) is 20.2 Å². The fourth-order valence-electron chi connectivity index (χ4n) is 1.85. The normalized spacial score (nSPS) is 12.0. The van der Waals surface area contributed by atoms with Crippen molar-refractivity contribution < 1.29 is 12.9 Å². The SMILES string of the molecule is CCNCc1scc(C)c1S(=O)(=O)NCc1noc(C)n1. The number of rotatable bonds is 7. The lowest BCUT2D eigenvalue weighted by molar-refractivity contribution is 0.387. The minimum Gasteiger partial charge on any atom is -0.340 e. The summed E-state index contributed by atoms with van der Waals surface area (Å²) >= 11 is 1.44. The molecule has 2 N–H and O–H groups in total. The number of thiophene rings is 1. The van der Waals surface area contributed by atoms with E-state index in [0.29, 0.717) is 23.2 Å². The van der Waals surface area contributed by atoms with Crippen molar-refractivity contribution in [3.63, 3.8) is 0 Å². The standard InChI is InChI=1S/C12H18N4O3S2/c1-4-13-5-10-12(8(2)7-20-10)21(17,18)14-6-11-15-9(3)19-16-11/h7,13-14H,4-6H2,1-3H3. The Kier molecular flexibility index (Phi) is 5.09. The molecular weight excluding hydrogens is 312 g/mol. The molecule has 0 fully saturated rings. The van der Waals surface area contributed by atoms with Gasteiger partial charge in [0.1, 0.15) is 4.90 Å². The van der Waals surface area contributed by atoms with Crippen molar-refractivity contribution in [2.24, 2.45) is 0 Å². The van der Waals surface area contributed by atoms with Crippen molar-refractivity contribution in [2.45, 2.75) is 38.8 Å². The molecule has 116 valence electrons. The third-order valence-electron chi connectivity index (χ3n) is 2.78. The van der Waals surface area contributed by atoms with E-state index in [-0.39, 0.29) is 6.54 Å². The highest BCUT2D eigenvalue weighted by molar-refractivity contribution is 7.89. The van der Waals surface area contributed by atoms with Crippen LogP contribution >= 0.6 is 11.3 Å². The summed E-state index contributed by atoms with van der Waals surface area (Å²) < 4.78 is 32.3. The number of nitrogens with one attached hydrogen (secondary N) is 2. The molecule has 0 amide bonds. The van der Waals surface area contributed by atoms with Crippen LogP contribution in [0, 0.1) is 13.8 Å². The third kappa shape index (κ3) is 3.88. The van der Waals surface area contributed by atoms with Crippen LogP contribution in [0.25, 0.3) is 0 Å². The monoisotopic (exact) mass is 330 g/mol. The van der Waals surface area contributed by atoms with E-state index in [1.54, 1.807) is 13.8 Å². The molecule has 0 aliphatic rings. The minimum atomic E-state index is -3.60. The molecule has 0 aliphatic heterocycles. The lowest BCUT2D eigenvalue weighted by atomic mass is 10.3. The maximum absolute atomic E-state index is 12.5. The summed E-state index contributed by atoms with van der Waals surface area (Å²) in [7, 11) is -3.60. The Morgan fingerprint density at radius 3 is 2.71 bits per heavy atom. The fourth-order valence-corrected chi connectivity index (χ4v) is 4.61. The van der Waals surface area contributed by atoms with Gasteiger partial charge in [-0.2, -0.15) is 4.98 Å². The zero-order valence-electron chi connectivity index (χ0n) is 12.1. The maximum atomic E-state index is 12.5. The van der Waals surface area contributed by atoms with Crippen LogP contribution in [0.2, 0.25) is 0 Å². The second kappa shape index (κ2) is 6.65. The minimum absolute atomic E-state index is 0.00953. The molecule has 0 saturated carbocycles. The zero-order valence-corrected chi connectivity index (χ0v) is 13.8. The van der Waals surface area contributed by atoms with Crippen LogP contribution in [0.5, 0.6) is 0 Å². The smallest absolute Gasteiger partial charge is 0.242 e. The maximum Gasteiger partial charge on any atom is 0.242 e. The van der Waals surface area contributed by atoms with Gasteiger partial charge in [-0.15, -0.1) is 11.3 Å². The number of hydrogen-bond acceptors (Lipinski definition) is 7. The van der Waals surface area contributed by atoms with Crippen molar-refractivity contribution >= 4 is 21.4 Å². The van der Waals surface area contributed by atoms with Gasteiger partial charge < -0.3 is 9.84 Å². The summed E-state index contributed by atoms with van der Waals surface area (Å²) in [6.45, 7) is 6.75. The Bertz CT molecular complexity index is 706. The third-order valence-corrected chi connectivity index (χ3v) is 5.65. The molecular formula is C12H18N4O3S2. The Morgan fingerprint density at radius 1 is 1.33 bits per heavy atom. The topological polar surface area (TPSA) is 97.1 Å². The molecule has 0 unspecified atom stereocenters. The molecule has 21 heavy (non-hydrogen) atoms. The summed E-state index contributed by atoms with van der Waals surface area (Å²) in [6, 6.07) is 0. The van der Waals surface area contributed by atoms with E-state index in [2.05, 4.69) is 20.2 Å². The van der Waals surface area contributed by atoms with E-state index in [1.165, 1.54) is 11.3 Å². The Hall–Kier alpha value is -1.29. The highest BCUT2D eigenvalue weighted by atomic mass is 32.2. The van der Waals surface area contributed by atoms with E-state index < -0.39 is 10.0 Å². The molecule has 9 heteroatoms. The van der Waals surface area contributed by atoms with E-state index in [9.17, 15) is 8.42 Å². The van der Waals surface area contributed by atoms with Crippen LogP contribution in [0.15, 0.2) is 14.8 Å². The van der Waals surface area contributed by atoms with Crippen molar-refractivity contribution in [3.05, 3.63) is 27.5 Å². The van der Waals surface area contributed by atoms with Gasteiger partial charge in [-0.3, -0.25) is 0 Å². The molecule has 7 nitrogen and oxygen atoms in total. The van der Waals surface area contributed by atoms with Crippen LogP contribution < -0.4 is 10.0 Å². The number of aryl methyl sites for hydroxylation is 2. The zero-order chi connectivity index (χ0) is 15.5. The first-order valence-electron chi connectivity index (χ1n) is 6.50. The summed E-state index contributed by atoms with van der Waals surface area (Å²) in [5.41, 5.74) is 0.740. The number of hydrogen-bond donors (Lipinski definition) is 2. The lowest BCUT2D eigenvalue weighted by Crippen LogP contribution is -2.25. The van der Waals surface area contributed by atoms with Crippen LogP contribution in [0.1, 0.15) is 29.1 Å². The van der Waals surface area contributed by atoms with Gasteiger partial charge in [0.15, 0.2) is 5.82 Å². The average Bonchev–Trinajstić information content (AvgIpc) is 3.00. The summed E-state index contributed by atoms with van der Waals surface area (Å²) in [5.74, 6) is 0.723. The van der Waals surface area contributed by atoms with Crippen molar-refractivity contribution in [2.75, 3.05) is 6.54 Å². The summed E-state index contributed by atoms with van der Waals surface area (Å²) in [6.07, 6.45) is 0. The molecule has 0 radical (unpaired) electrons. The van der Waals surface area contributed by atoms with Crippen LogP contribution in [0.3, 0.4) is 0 Å². The van der Waals surface area contributed by atoms with Crippen LogP contribution in [-0.2, 0) is 23.1 Å². The molecule has 2 aromatic heterocycles. The molecule has 0 spiro atoms. The van der Waals surface area contributed by atoms with Gasteiger partial charge >= 0.3 is 0 Å². The van der Waals surface area contributed by atoms with Gasteiger partial charge in [0.2, 0.25) is 15.9 Å². The number of sulfonamides is 1. The Labute approximate surface area is 127 Å². The van der Waals surface area contributed by atoms with E-state index in [1.807, 2.05) is 12.3 Å². The van der Waals surface area contributed by atoms with Gasteiger partial charge in [-0.25, -0.2) is 13.1 Å². The first kappa shape index (κ1) is 16.1. The van der Waals surface area contributed by atoms with Gasteiger partial charge in [-0.1, -0.05) is 12.1 Å². The van der Waals surface area contributed by atoms with Gasteiger partial charge in [-0.05, 0) is 24.4 Å². The Morgan fingerprint density at radius 2 is 2.10 bits per heavy atom. The molecule has 0 aliphatic carbocycles. The van der Waals surface area contributed by atoms with E-state index in [4.69, 9.17) is 4.52 Å². The molecule has 2 heterocycles. The summed E-state index contributed by atoms with van der Waals surface area (Å²) in [4.78, 5) is 5.11. The van der Waals surface area contributed by atoms with Crippen LogP contribution in [-0.4, -0.2) is 25.1 Å². The highest BCUT2D eigenvalue weighted by Crippen LogP contribution is 2.26. The molecule has 0 saturated heterocycles. The van der Waals surface area contributed by atoms with E-state index in [0.717, 1.165) is 17.0 Å². The predicted molar refractivity (Wildman–Crippen MR) is 79.5 cm³/mol. The van der Waals surface area contributed by atoms with Crippen molar-refractivity contribution in [3.8, 4) is 0 Å². The van der Waals surface area contributed by atoms with Gasteiger partial charge in [0.25, 0.3) is 0 Å². The second-order valence-electron chi connectivity index (χ2n) is 4.51. The first-order valence-corrected chi connectivity index (χ1v) is 8.87. The second-order valence-corrected chi connectivity index (χ2v) is 7.17. The van der Waals surface area contributed by atoms with Crippen LogP contribution in [0.4, 0.5) is 0 Å². The average molecular weight is 330 g/mol. The van der Waals surface area contributed by atoms with Crippen molar-refractivity contribution in [1.29, 1.82) is 0 Å². The van der Waals surface area contributed by atoms with Gasteiger partial charge in [0, 0.05) is 18.3 Å². The lowest BCUT2D eigenvalue weighted by Gasteiger charge is -2.08. The Balaban J connectivity index is 2.17. The first-order chi connectivity index (χ1) is 9.94. The predicted octanol–water partition coefficient (Wildman–Crippen LogP) is 1.34. The molecule has 2 rings (SSSR count). The number of aromatic nitrogens is 2. The molecule has 0 bridgehead atoms. The van der Waals surface area contributed by atoms with Gasteiger partial charge in [0.05, 0.1) is 6.54 Å². The van der Waals surface area contributed by atoms with E-state index >= 15 is 0 Å². The highest BCUT2D eigenvalue weighted by Gasteiger charge is 2.23. The quantitative estimate of drug-likeness (QED) is 0.795. The summed E-state index contributed by atoms with van der Waals surface area (Å²) in [5, 5.41) is 8.66. The largest absolute Gasteiger partial charge is 0.340 e. The molecule has 0 aromatic carbocycles. The molecule has 2 aromatic rings. The fraction of sp³-hybridized carbons (Fsp3) is 0.500.